The fourth-order valence-electron chi connectivity index (χ4n) is 2.26. The van der Waals surface area contributed by atoms with Crippen LogP contribution in [0.5, 0.6) is 0 Å². The average molecular weight is 290 g/mol. The molecule has 114 valence electrons. The zero-order valence-electron chi connectivity index (χ0n) is 12.3. The summed E-state index contributed by atoms with van der Waals surface area (Å²) in [6.45, 7) is 3.40. The Morgan fingerprint density at radius 2 is 1.76 bits per heavy atom. The second-order valence-corrected chi connectivity index (χ2v) is 5.31. The first-order valence-electron chi connectivity index (χ1n) is 7.13. The summed E-state index contributed by atoms with van der Waals surface area (Å²) >= 11 is 0. The van der Waals surface area contributed by atoms with E-state index in [1.54, 1.807) is 12.1 Å². The zero-order valence-corrected chi connectivity index (χ0v) is 12.3. The molecule has 1 fully saturated rings. The Hall–Kier alpha value is -1.92. The van der Waals surface area contributed by atoms with Gasteiger partial charge in [0.05, 0.1) is 13.0 Å². The minimum Gasteiger partial charge on any atom is -0.340 e. The summed E-state index contributed by atoms with van der Waals surface area (Å²) in [4.78, 5) is 27.5. The van der Waals surface area contributed by atoms with Gasteiger partial charge in [0.15, 0.2) is 0 Å². The normalized spacial score (nSPS) is 15.8. The molecule has 21 heavy (non-hydrogen) atoms. The third-order valence-corrected chi connectivity index (χ3v) is 3.63. The molecule has 6 nitrogen and oxygen atoms in total. The third-order valence-electron chi connectivity index (χ3n) is 3.63. The first-order valence-corrected chi connectivity index (χ1v) is 7.13. The molecular weight excluding hydrogens is 268 g/mol. The highest BCUT2D eigenvalue weighted by atomic mass is 16.2. The van der Waals surface area contributed by atoms with Crippen LogP contribution in [0.3, 0.4) is 0 Å². The minimum absolute atomic E-state index is 0.0381. The quantitative estimate of drug-likeness (QED) is 0.812. The van der Waals surface area contributed by atoms with Crippen LogP contribution in [0.1, 0.15) is 5.56 Å². The van der Waals surface area contributed by atoms with Crippen molar-refractivity contribution in [1.82, 2.24) is 9.80 Å². The first-order chi connectivity index (χ1) is 10.1. The zero-order chi connectivity index (χ0) is 15.2. The van der Waals surface area contributed by atoms with E-state index in [2.05, 4.69) is 17.3 Å². The largest absolute Gasteiger partial charge is 0.340 e. The molecule has 1 aliphatic heterocycles. The number of anilines is 1. The van der Waals surface area contributed by atoms with Crippen LogP contribution in [0.2, 0.25) is 0 Å². The van der Waals surface area contributed by atoms with Gasteiger partial charge in [-0.3, -0.25) is 9.59 Å². The van der Waals surface area contributed by atoms with Crippen molar-refractivity contribution in [2.45, 2.75) is 6.42 Å². The van der Waals surface area contributed by atoms with E-state index in [-0.39, 0.29) is 18.4 Å². The van der Waals surface area contributed by atoms with E-state index < -0.39 is 0 Å². The van der Waals surface area contributed by atoms with Crippen LogP contribution in [-0.4, -0.2) is 61.4 Å². The van der Waals surface area contributed by atoms with E-state index >= 15 is 0 Å². The summed E-state index contributed by atoms with van der Waals surface area (Å²) in [5.41, 5.74) is 6.89. The molecule has 1 aromatic carbocycles. The SMILES string of the molecule is CN1CCN(C(=O)Cc2ccc(NC(=O)CN)cc2)CC1. The second kappa shape index (κ2) is 7.19. The van der Waals surface area contributed by atoms with Gasteiger partial charge in [-0.05, 0) is 24.7 Å². The number of benzene rings is 1. The summed E-state index contributed by atoms with van der Waals surface area (Å²) in [6, 6.07) is 7.31. The Balaban J connectivity index is 1.88. The number of amides is 2. The van der Waals surface area contributed by atoms with Gasteiger partial charge in [0.2, 0.25) is 11.8 Å². The number of carbonyl (C=O) groups is 2. The third kappa shape index (κ3) is 4.54. The highest BCUT2D eigenvalue weighted by Gasteiger charge is 2.18. The van der Waals surface area contributed by atoms with Crippen LogP contribution >= 0.6 is 0 Å². The van der Waals surface area contributed by atoms with Gasteiger partial charge in [-0.1, -0.05) is 12.1 Å². The molecule has 0 spiro atoms. The van der Waals surface area contributed by atoms with Crippen LogP contribution in [0.25, 0.3) is 0 Å². The Morgan fingerprint density at radius 3 is 2.33 bits per heavy atom. The van der Waals surface area contributed by atoms with E-state index in [1.165, 1.54) is 0 Å². The van der Waals surface area contributed by atoms with E-state index in [0.29, 0.717) is 12.1 Å². The number of piperazine rings is 1. The Bertz CT molecular complexity index is 493. The summed E-state index contributed by atoms with van der Waals surface area (Å²) in [5.74, 6) is -0.0712. The standard InChI is InChI=1S/C15H22N4O2/c1-18-6-8-19(9-7-18)15(21)10-12-2-4-13(5-3-12)17-14(20)11-16/h2-5H,6-11,16H2,1H3,(H,17,20). The maximum Gasteiger partial charge on any atom is 0.238 e. The summed E-state index contributed by atoms with van der Waals surface area (Å²) < 4.78 is 0. The molecule has 1 saturated heterocycles. The van der Waals surface area contributed by atoms with Crippen molar-refractivity contribution < 1.29 is 9.59 Å². The molecule has 0 unspecified atom stereocenters. The highest BCUT2D eigenvalue weighted by molar-refractivity contribution is 5.92. The highest BCUT2D eigenvalue weighted by Crippen LogP contribution is 2.11. The topological polar surface area (TPSA) is 78.7 Å². The maximum absolute atomic E-state index is 12.2. The van der Waals surface area contributed by atoms with E-state index in [0.717, 1.165) is 31.7 Å². The Kier molecular flexibility index (Phi) is 5.30. The van der Waals surface area contributed by atoms with Crippen molar-refractivity contribution in [2.24, 2.45) is 5.73 Å². The van der Waals surface area contributed by atoms with Gasteiger partial charge in [-0.25, -0.2) is 0 Å². The lowest BCUT2D eigenvalue weighted by Gasteiger charge is -2.32. The number of nitrogens with zero attached hydrogens (tertiary/aromatic N) is 2. The van der Waals surface area contributed by atoms with Crippen LogP contribution in [0.15, 0.2) is 24.3 Å². The van der Waals surface area contributed by atoms with Crippen molar-refractivity contribution in [3.05, 3.63) is 29.8 Å². The predicted octanol–water partition coefficient (Wildman–Crippen LogP) is -0.0997. The van der Waals surface area contributed by atoms with Crippen molar-refractivity contribution in [3.8, 4) is 0 Å². The lowest BCUT2D eigenvalue weighted by Crippen LogP contribution is -2.47. The fraction of sp³-hybridized carbons (Fsp3) is 0.467. The average Bonchev–Trinajstić information content (AvgIpc) is 2.49. The minimum atomic E-state index is -0.226. The molecule has 0 atom stereocenters. The predicted molar refractivity (Wildman–Crippen MR) is 81.9 cm³/mol. The molecule has 2 amide bonds. The van der Waals surface area contributed by atoms with Crippen molar-refractivity contribution >= 4 is 17.5 Å². The summed E-state index contributed by atoms with van der Waals surface area (Å²) in [6.07, 6.45) is 0.398. The lowest BCUT2D eigenvalue weighted by atomic mass is 10.1. The maximum atomic E-state index is 12.2. The Morgan fingerprint density at radius 1 is 1.14 bits per heavy atom. The monoisotopic (exact) mass is 290 g/mol. The van der Waals surface area contributed by atoms with Crippen molar-refractivity contribution in [1.29, 1.82) is 0 Å². The molecule has 0 bridgehead atoms. The lowest BCUT2D eigenvalue weighted by molar-refractivity contribution is -0.132. The molecule has 1 aromatic rings. The number of rotatable bonds is 4. The number of hydrogen-bond donors (Lipinski definition) is 2. The number of nitrogens with one attached hydrogen (secondary N) is 1. The van der Waals surface area contributed by atoms with E-state index in [1.807, 2.05) is 17.0 Å². The second-order valence-electron chi connectivity index (χ2n) is 5.31. The summed E-state index contributed by atoms with van der Waals surface area (Å²) in [5, 5.41) is 2.68. The molecule has 0 saturated carbocycles. The van der Waals surface area contributed by atoms with Crippen molar-refractivity contribution in [2.75, 3.05) is 45.1 Å². The molecular formula is C15H22N4O2. The van der Waals surface area contributed by atoms with Gasteiger partial charge in [0.1, 0.15) is 0 Å². The van der Waals surface area contributed by atoms with Gasteiger partial charge in [0, 0.05) is 31.9 Å². The molecule has 0 radical (unpaired) electrons. The Labute approximate surface area is 124 Å². The van der Waals surface area contributed by atoms with Gasteiger partial charge in [-0.15, -0.1) is 0 Å². The molecule has 1 heterocycles. The van der Waals surface area contributed by atoms with E-state index in [4.69, 9.17) is 5.73 Å². The van der Waals surface area contributed by atoms with Crippen LogP contribution in [0.4, 0.5) is 5.69 Å². The van der Waals surface area contributed by atoms with Crippen LogP contribution in [-0.2, 0) is 16.0 Å². The molecule has 3 N–H and O–H groups in total. The molecule has 1 aliphatic rings. The smallest absolute Gasteiger partial charge is 0.238 e. The van der Waals surface area contributed by atoms with E-state index in [9.17, 15) is 9.59 Å². The van der Waals surface area contributed by atoms with Gasteiger partial charge < -0.3 is 20.9 Å². The molecule has 0 aliphatic carbocycles. The number of hydrogen-bond acceptors (Lipinski definition) is 4. The van der Waals surface area contributed by atoms with Crippen molar-refractivity contribution in [3.63, 3.8) is 0 Å². The number of likely N-dealkylation sites (N-methyl/N-ethyl adjacent to an activating group) is 1. The number of nitrogens with two attached hydrogens (primary N) is 1. The first kappa shape index (κ1) is 15.5. The van der Waals surface area contributed by atoms with Crippen LogP contribution < -0.4 is 11.1 Å². The van der Waals surface area contributed by atoms with Crippen LogP contribution in [0, 0.1) is 0 Å². The molecule has 0 aromatic heterocycles. The van der Waals surface area contributed by atoms with Gasteiger partial charge in [-0.2, -0.15) is 0 Å². The fourth-order valence-corrected chi connectivity index (χ4v) is 2.26. The van der Waals surface area contributed by atoms with Gasteiger partial charge in [0.25, 0.3) is 0 Å². The molecule has 2 rings (SSSR count). The van der Waals surface area contributed by atoms with Gasteiger partial charge >= 0.3 is 0 Å². The number of carbonyl (C=O) groups excluding carboxylic acids is 2. The summed E-state index contributed by atoms with van der Waals surface area (Å²) in [7, 11) is 2.07. The molecule has 6 heteroatoms.